The molecule has 1 N–H and O–H groups in total. The molecule has 0 aliphatic heterocycles. The molecule has 3 rings (SSSR count). The minimum absolute atomic E-state index is 0.0563. The maximum atomic E-state index is 12.5. The Morgan fingerprint density at radius 3 is 2.54 bits per heavy atom. The highest BCUT2D eigenvalue weighted by Crippen LogP contribution is 2.19. The van der Waals surface area contributed by atoms with Crippen LogP contribution in [0.3, 0.4) is 0 Å². The lowest BCUT2D eigenvalue weighted by Gasteiger charge is -2.09. The molecule has 0 unspecified atom stereocenters. The van der Waals surface area contributed by atoms with E-state index in [0.717, 1.165) is 22.5 Å². The second-order valence-corrected chi connectivity index (χ2v) is 6.08. The van der Waals surface area contributed by atoms with Gasteiger partial charge in [-0.3, -0.25) is 4.79 Å². The van der Waals surface area contributed by atoms with E-state index in [4.69, 9.17) is 0 Å². The fraction of sp³-hybridized carbons (Fsp3) is 0.0909. The molecule has 0 saturated heterocycles. The van der Waals surface area contributed by atoms with Crippen LogP contribution in [0.1, 0.15) is 16.8 Å². The molecule has 1 aromatic heterocycles. The van der Waals surface area contributed by atoms with Gasteiger partial charge in [-0.05, 0) is 55.8 Å². The molecule has 3 aromatic rings. The van der Waals surface area contributed by atoms with Gasteiger partial charge in [0.25, 0.3) is 5.91 Å². The molecule has 0 fully saturated rings. The van der Waals surface area contributed by atoms with Gasteiger partial charge in [-0.1, -0.05) is 35.9 Å². The number of para-hydroxylation sites is 1. The number of nitrogens with zero attached hydrogens (tertiary/aromatic N) is 2. The van der Waals surface area contributed by atoms with E-state index in [-0.39, 0.29) is 5.57 Å². The normalized spacial score (nSPS) is 11.0. The molecule has 26 heavy (non-hydrogen) atoms. The van der Waals surface area contributed by atoms with Crippen LogP contribution in [-0.4, -0.2) is 10.5 Å². The van der Waals surface area contributed by atoms with E-state index < -0.39 is 5.91 Å². The summed E-state index contributed by atoms with van der Waals surface area (Å²) in [6, 6.07) is 21.3. The van der Waals surface area contributed by atoms with Crippen molar-refractivity contribution in [3.05, 3.63) is 89.3 Å². The van der Waals surface area contributed by atoms with E-state index in [1.807, 2.05) is 91.3 Å². The van der Waals surface area contributed by atoms with Crippen molar-refractivity contribution >= 4 is 17.7 Å². The monoisotopic (exact) mass is 341 g/mol. The van der Waals surface area contributed by atoms with Gasteiger partial charge in [-0.25, -0.2) is 0 Å². The second-order valence-electron chi connectivity index (χ2n) is 6.08. The van der Waals surface area contributed by atoms with Crippen molar-refractivity contribution in [3.63, 3.8) is 0 Å². The van der Waals surface area contributed by atoms with Crippen LogP contribution in [0.15, 0.2) is 72.4 Å². The smallest absolute Gasteiger partial charge is 0.266 e. The summed E-state index contributed by atoms with van der Waals surface area (Å²) in [7, 11) is 0. The number of anilines is 1. The van der Waals surface area contributed by atoms with Crippen LogP contribution in [0.5, 0.6) is 0 Å². The molecule has 0 aliphatic carbocycles. The third-order valence-electron chi connectivity index (χ3n) is 4.10. The van der Waals surface area contributed by atoms with Crippen molar-refractivity contribution in [2.45, 2.75) is 13.8 Å². The number of carbonyl (C=O) groups excluding carboxylic acids is 1. The summed E-state index contributed by atoms with van der Waals surface area (Å²) in [5.74, 6) is -0.416. The Balaban J connectivity index is 1.89. The van der Waals surface area contributed by atoms with Gasteiger partial charge in [0.1, 0.15) is 11.6 Å². The van der Waals surface area contributed by atoms with Crippen LogP contribution in [0.4, 0.5) is 5.69 Å². The molecule has 0 bridgehead atoms. The molecular formula is C22H19N3O. The zero-order valence-electron chi connectivity index (χ0n) is 14.7. The van der Waals surface area contributed by atoms with Gasteiger partial charge in [0.2, 0.25) is 0 Å². The zero-order valence-corrected chi connectivity index (χ0v) is 14.7. The minimum Gasteiger partial charge on any atom is -0.321 e. The van der Waals surface area contributed by atoms with Gasteiger partial charge < -0.3 is 9.88 Å². The highest BCUT2D eigenvalue weighted by Gasteiger charge is 2.12. The molecule has 4 heteroatoms. The van der Waals surface area contributed by atoms with Crippen LogP contribution < -0.4 is 5.32 Å². The van der Waals surface area contributed by atoms with Crippen LogP contribution in [0, 0.1) is 25.2 Å². The van der Waals surface area contributed by atoms with Gasteiger partial charge >= 0.3 is 0 Å². The number of aryl methyl sites for hydroxylation is 2. The molecule has 1 heterocycles. The van der Waals surface area contributed by atoms with E-state index in [1.165, 1.54) is 0 Å². The third kappa shape index (κ3) is 3.73. The fourth-order valence-corrected chi connectivity index (χ4v) is 2.78. The van der Waals surface area contributed by atoms with Gasteiger partial charge in [0.15, 0.2) is 0 Å². The number of rotatable bonds is 4. The Morgan fingerprint density at radius 1 is 1.08 bits per heavy atom. The SMILES string of the molecule is Cc1ccc(NC(=O)/C(C#N)=C\c2cccn2-c2ccccc2)c(C)c1. The average Bonchev–Trinajstić information content (AvgIpc) is 3.11. The summed E-state index contributed by atoms with van der Waals surface area (Å²) < 4.78 is 1.93. The van der Waals surface area contributed by atoms with Gasteiger partial charge in [0, 0.05) is 23.3 Å². The van der Waals surface area contributed by atoms with Crippen LogP contribution in [-0.2, 0) is 4.79 Å². The summed E-state index contributed by atoms with van der Waals surface area (Å²) in [4.78, 5) is 12.5. The molecule has 0 aliphatic rings. The lowest BCUT2D eigenvalue weighted by molar-refractivity contribution is -0.112. The number of amides is 1. The summed E-state index contributed by atoms with van der Waals surface area (Å²) >= 11 is 0. The fourth-order valence-electron chi connectivity index (χ4n) is 2.78. The summed E-state index contributed by atoms with van der Waals surface area (Å²) in [6.45, 7) is 3.93. The van der Waals surface area contributed by atoms with E-state index >= 15 is 0 Å². The van der Waals surface area contributed by atoms with Crippen LogP contribution >= 0.6 is 0 Å². The summed E-state index contributed by atoms with van der Waals surface area (Å²) in [6.07, 6.45) is 3.50. The Hall–Kier alpha value is -3.58. The molecule has 1 amide bonds. The first kappa shape index (κ1) is 17.2. The van der Waals surface area contributed by atoms with Crippen molar-refractivity contribution in [2.24, 2.45) is 0 Å². The van der Waals surface area contributed by atoms with Crippen molar-refractivity contribution in [1.82, 2.24) is 4.57 Å². The molecule has 0 atom stereocenters. The molecule has 2 aromatic carbocycles. The van der Waals surface area contributed by atoms with E-state index in [9.17, 15) is 10.1 Å². The quantitative estimate of drug-likeness (QED) is 0.555. The van der Waals surface area contributed by atoms with Gasteiger partial charge in [-0.15, -0.1) is 0 Å². The number of benzene rings is 2. The highest BCUT2D eigenvalue weighted by molar-refractivity contribution is 6.09. The van der Waals surface area contributed by atoms with Crippen molar-refractivity contribution in [2.75, 3.05) is 5.32 Å². The van der Waals surface area contributed by atoms with Gasteiger partial charge in [-0.2, -0.15) is 5.26 Å². The molecule has 0 radical (unpaired) electrons. The first-order valence-electron chi connectivity index (χ1n) is 8.31. The number of aromatic nitrogens is 1. The number of nitriles is 1. The maximum absolute atomic E-state index is 12.5. The Labute approximate surface area is 153 Å². The van der Waals surface area contributed by atoms with Gasteiger partial charge in [0.05, 0.1) is 0 Å². The van der Waals surface area contributed by atoms with E-state index in [1.54, 1.807) is 6.08 Å². The standard InChI is InChI=1S/C22H19N3O/c1-16-10-11-21(17(2)13-16)24-22(26)18(15-23)14-20-9-6-12-25(20)19-7-4-3-5-8-19/h3-14H,1-2H3,(H,24,26)/b18-14-. The lowest BCUT2D eigenvalue weighted by Crippen LogP contribution is -2.14. The Bertz CT molecular complexity index is 1010. The number of nitrogens with one attached hydrogen (secondary N) is 1. The predicted octanol–water partition coefficient (Wildman–Crippen LogP) is 4.64. The molecular weight excluding hydrogens is 322 g/mol. The summed E-state index contributed by atoms with van der Waals surface area (Å²) in [5, 5.41) is 12.3. The van der Waals surface area contributed by atoms with E-state index in [2.05, 4.69) is 5.32 Å². The topological polar surface area (TPSA) is 57.8 Å². The van der Waals surface area contributed by atoms with Crippen LogP contribution in [0.2, 0.25) is 0 Å². The average molecular weight is 341 g/mol. The number of hydrogen-bond acceptors (Lipinski definition) is 2. The van der Waals surface area contributed by atoms with Crippen molar-refractivity contribution < 1.29 is 4.79 Å². The zero-order chi connectivity index (χ0) is 18.5. The lowest BCUT2D eigenvalue weighted by atomic mass is 10.1. The third-order valence-corrected chi connectivity index (χ3v) is 4.10. The molecule has 128 valence electrons. The highest BCUT2D eigenvalue weighted by atomic mass is 16.1. The Kier molecular flexibility index (Phi) is 5.00. The predicted molar refractivity (Wildman–Crippen MR) is 104 cm³/mol. The van der Waals surface area contributed by atoms with Crippen molar-refractivity contribution in [1.29, 1.82) is 5.26 Å². The number of hydrogen-bond donors (Lipinski definition) is 1. The maximum Gasteiger partial charge on any atom is 0.266 e. The van der Waals surface area contributed by atoms with Crippen molar-refractivity contribution in [3.8, 4) is 11.8 Å². The van der Waals surface area contributed by atoms with Crippen LogP contribution in [0.25, 0.3) is 11.8 Å². The second kappa shape index (κ2) is 7.54. The Morgan fingerprint density at radius 2 is 1.85 bits per heavy atom. The number of carbonyl (C=O) groups is 1. The molecule has 4 nitrogen and oxygen atoms in total. The first-order valence-corrected chi connectivity index (χ1v) is 8.31. The van der Waals surface area contributed by atoms with E-state index in [0.29, 0.717) is 5.69 Å². The largest absolute Gasteiger partial charge is 0.321 e. The molecule has 0 saturated carbocycles. The minimum atomic E-state index is -0.416. The first-order chi connectivity index (χ1) is 12.6. The summed E-state index contributed by atoms with van der Waals surface area (Å²) in [5.41, 5.74) is 4.58. The molecule has 0 spiro atoms.